The molecule has 0 aliphatic carbocycles. The highest BCUT2D eigenvalue weighted by Crippen LogP contribution is 2.44. The normalized spacial score (nSPS) is 19.5. The van der Waals surface area contributed by atoms with Crippen LogP contribution in [-0.2, 0) is 21.2 Å². The molecule has 11 rings (SSSR count). The molecule has 0 spiro atoms. The first kappa shape index (κ1) is 50.5. The van der Waals surface area contributed by atoms with Crippen LogP contribution in [0, 0.1) is 5.92 Å². The van der Waals surface area contributed by atoms with E-state index in [-0.39, 0.29) is 18.7 Å². The molecule has 390 valence electrons. The van der Waals surface area contributed by atoms with Gasteiger partial charge in [-0.1, -0.05) is 30.3 Å². The second kappa shape index (κ2) is 20.8. The highest BCUT2D eigenvalue weighted by atomic mass is 79.9. The number of methoxy groups -OCH3 is 1. The molecule has 1 atom stereocenters. The van der Waals surface area contributed by atoms with Gasteiger partial charge in [0.1, 0.15) is 24.8 Å². The number of anilines is 6. The van der Waals surface area contributed by atoms with Gasteiger partial charge in [-0.15, -0.1) is 0 Å². The largest absolute Gasteiger partial charge is 0.494 e. The third kappa shape index (κ3) is 10.3. The Morgan fingerprint density at radius 2 is 1.55 bits per heavy atom. The van der Waals surface area contributed by atoms with Crippen molar-refractivity contribution in [1.29, 1.82) is 0 Å². The molecule has 4 saturated heterocycles. The molecule has 18 nitrogen and oxygen atoms in total. The van der Waals surface area contributed by atoms with Crippen molar-refractivity contribution < 1.29 is 28.5 Å². The van der Waals surface area contributed by atoms with E-state index in [1.54, 1.807) is 38.8 Å². The number of halogens is 1. The summed E-state index contributed by atoms with van der Waals surface area (Å²) in [6.07, 6.45) is 10.2. The number of carbonyl (C=O) groups excluding carboxylic acids is 4. The second-order valence-electron chi connectivity index (χ2n) is 20.8. The Hall–Kier alpha value is -6.66. The van der Waals surface area contributed by atoms with Gasteiger partial charge < -0.3 is 34.6 Å². The minimum atomic E-state index is -2.71. The number of benzene rings is 4. The van der Waals surface area contributed by atoms with Crippen molar-refractivity contribution >= 4 is 97.3 Å². The fourth-order valence-electron chi connectivity index (χ4n) is 11.8. The molecular weight excluding hydrogens is 1040 g/mol. The second-order valence-corrected chi connectivity index (χ2v) is 24.8. The van der Waals surface area contributed by atoms with Crippen molar-refractivity contribution in [3.63, 3.8) is 0 Å². The molecule has 4 aromatic carbocycles. The minimum absolute atomic E-state index is 0.0947. The van der Waals surface area contributed by atoms with Gasteiger partial charge in [-0.2, -0.15) is 10.1 Å². The van der Waals surface area contributed by atoms with Gasteiger partial charge in [-0.05, 0) is 121 Å². The fourth-order valence-corrected chi connectivity index (χ4v) is 13.6. The van der Waals surface area contributed by atoms with E-state index in [0.717, 1.165) is 134 Å². The number of hydrogen-bond acceptors (Lipinski definition) is 15. The highest BCUT2D eigenvalue weighted by Gasteiger charge is 2.45. The van der Waals surface area contributed by atoms with E-state index < -0.39 is 30.9 Å². The average Bonchev–Trinajstić information content (AvgIpc) is 3.96. The first-order valence-corrected chi connectivity index (χ1v) is 29.3. The van der Waals surface area contributed by atoms with E-state index in [1.165, 1.54) is 0 Å². The van der Waals surface area contributed by atoms with Crippen LogP contribution in [0.2, 0.25) is 0 Å². The first-order valence-electron chi connectivity index (χ1n) is 25.9. The highest BCUT2D eigenvalue weighted by molar-refractivity contribution is 9.10. The Morgan fingerprint density at radius 3 is 2.27 bits per heavy atom. The first-order chi connectivity index (χ1) is 36.2. The summed E-state index contributed by atoms with van der Waals surface area (Å²) in [5.74, 6) is 0.196. The van der Waals surface area contributed by atoms with E-state index >= 15 is 0 Å². The summed E-state index contributed by atoms with van der Waals surface area (Å²) in [7, 11) is 0.895. The smallest absolute Gasteiger partial charge is 0.262 e. The number of hydrogen-bond donors (Lipinski definition) is 3. The van der Waals surface area contributed by atoms with Gasteiger partial charge in [0.25, 0.3) is 11.8 Å². The SMILES string of the molecule is COc1cc(N2CCN(C3CCN(CC4CCN(c5ccc6c(c5)C(=O)N(C5CCC(=O)NC5=O)C6=O)CC4)CC3)CC2)c(-c2cnn(C)c2)cc1Nc1ncc(Br)c(Nc2ccc3ccccc3c2P(C)(C)=O)n1. The number of aryl methyl sites for hydroxylation is 1. The maximum absolute atomic E-state index is 13.7. The Balaban J connectivity index is 0.700. The zero-order valence-electron chi connectivity index (χ0n) is 42.7. The topological polar surface area (TPSA) is 190 Å². The molecule has 7 heterocycles. The van der Waals surface area contributed by atoms with Gasteiger partial charge >= 0.3 is 0 Å². The summed E-state index contributed by atoms with van der Waals surface area (Å²) in [5.41, 5.74) is 6.07. The molecule has 6 aromatic rings. The molecule has 0 saturated carbocycles. The molecule has 3 N–H and O–H groups in total. The number of carbonyl (C=O) groups is 4. The number of piperazine rings is 1. The van der Waals surface area contributed by atoms with Crippen molar-refractivity contribution in [1.82, 2.24) is 39.8 Å². The quantitative estimate of drug-likeness (QED) is 0.0764. The Kier molecular flexibility index (Phi) is 14.0. The predicted molar refractivity (Wildman–Crippen MR) is 296 cm³/mol. The summed E-state index contributed by atoms with van der Waals surface area (Å²) in [4.78, 5) is 71.6. The van der Waals surface area contributed by atoms with Crippen LogP contribution < -0.4 is 35.8 Å². The van der Waals surface area contributed by atoms with Gasteiger partial charge in [-0.3, -0.25) is 39.0 Å². The zero-order valence-corrected chi connectivity index (χ0v) is 45.2. The Bertz CT molecular complexity index is 3270. The van der Waals surface area contributed by atoms with Crippen LogP contribution in [0.4, 0.5) is 34.5 Å². The summed E-state index contributed by atoms with van der Waals surface area (Å²) >= 11 is 3.64. The molecule has 0 radical (unpaired) electrons. The number of likely N-dealkylation sites (tertiary alicyclic amines) is 1. The lowest BCUT2D eigenvalue weighted by Gasteiger charge is -2.44. The zero-order chi connectivity index (χ0) is 52.1. The molecule has 5 aliphatic heterocycles. The van der Waals surface area contributed by atoms with Crippen molar-refractivity contribution in [2.24, 2.45) is 13.0 Å². The number of fused-ring (bicyclic) bond motifs is 2. The number of piperidine rings is 3. The Morgan fingerprint density at radius 1 is 0.787 bits per heavy atom. The van der Waals surface area contributed by atoms with E-state index in [4.69, 9.17) is 9.72 Å². The molecule has 0 bridgehead atoms. The fraction of sp³-hybridized carbons (Fsp3) is 0.400. The standard InChI is InChI=1S/C55H62BrN12O6P/c1-63-33-36(30-58-63)41-28-45(60-55-57-31-43(56)51(62-55)59-44-12-9-35-7-5-6-8-39(35)50(44)75(3,4)73)48(74-2)29-47(41)67-25-23-66(24-26-67)37-17-19-64(20-18-37)32-34-15-21-65(22-16-34)38-10-11-40-42(27-38)54(72)68(53(40)71)46-13-14-49(69)61-52(46)70/h5-12,27-31,33-34,37,46H,13-26,32H2,1-4H3,(H,61,69,70)(H2,57,59,60,62). The molecule has 4 amide bonds. The van der Waals surface area contributed by atoms with Crippen molar-refractivity contribution in [3.05, 3.63) is 101 Å². The number of aromatic nitrogens is 4. The van der Waals surface area contributed by atoms with Crippen LogP contribution in [0.5, 0.6) is 5.75 Å². The number of rotatable bonds is 13. The molecule has 20 heteroatoms. The van der Waals surface area contributed by atoms with E-state index in [2.05, 4.69) is 73.7 Å². The molecule has 4 fully saturated rings. The molecule has 2 aromatic heterocycles. The number of imide groups is 2. The third-order valence-corrected chi connectivity index (χ3v) is 17.8. The van der Waals surface area contributed by atoms with E-state index in [0.29, 0.717) is 50.8 Å². The molecule has 5 aliphatic rings. The van der Waals surface area contributed by atoms with Crippen molar-refractivity contribution in [3.8, 4) is 16.9 Å². The van der Waals surface area contributed by atoms with Crippen LogP contribution in [-0.4, -0.2) is 150 Å². The van der Waals surface area contributed by atoms with Crippen LogP contribution >= 0.6 is 23.1 Å². The Labute approximate surface area is 444 Å². The summed E-state index contributed by atoms with van der Waals surface area (Å²) in [6.45, 7) is 12.2. The van der Waals surface area contributed by atoms with Crippen molar-refractivity contribution in [2.45, 2.75) is 50.6 Å². The van der Waals surface area contributed by atoms with Gasteiger partial charge in [0.05, 0.1) is 40.3 Å². The van der Waals surface area contributed by atoms with Crippen LogP contribution in [0.3, 0.4) is 0 Å². The lowest BCUT2D eigenvalue weighted by atomic mass is 9.93. The molecule has 1 unspecified atom stereocenters. The monoisotopic (exact) mass is 1100 g/mol. The average molecular weight is 1100 g/mol. The van der Waals surface area contributed by atoms with Crippen LogP contribution in [0.15, 0.2) is 89.8 Å². The van der Waals surface area contributed by atoms with Gasteiger partial charge in [0, 0.05) is 112 Å². The van der Waals surface area contributed by atoms with E-state index in [9.17, 15) is 23.7 Å². The van der Waals surface area contributed by atoms with Gasteiger partial charge in [0.2, 0.25) is 17.8 Å². The number of nitrogens with zero attached hydrogens (tertiary/aromatic N) is 9. The van der Waals surface area contributed by atoms with Crippen LogP contribution in [0.25, 0.3) is 21.9 Å². The maximum Gasteiger partial charge on any atom is 0.262 e. The molecular formula is C55H62BrN12O6P. The number of ether oxygens (including phenoxy) is 1. The lowest BCUT2D eigenvalue weighted by Crippen LogP contribution is -2.54. The third-order valence-electron chi connectivity index (χ3n) is 15.7. The maximum atomic E-state index is 13.7. The predicted octanol–water partition coefficient (Wildman–Crippen LogP) is 7.44. The van der Waals surface area contributed by atoms with Gasteiger partial charge in [0.15, 0.2) is 0 Å². The van der Waals surface area contributed by atoms with Crippen LogP contribution in [0.1, 0.15) is 59.2 Å². The number of amides is 4. The van der Waals surface area contributed by atoms with Crippen molar-refractivity contribution in [2.75, 3.05) is 99.8 Å². The minimum Gasteiger partial charge on any atom is -0.494 e. The summed E-state index contributed by atoms with van der Waals surface area (Å²) in [5, 5.41) is 16.5. The van der Waals surface area contributed by atoms with E-state index in [1.807, 2.05) is 66.6 Å². The molecule has 75 heavy (non-hydrogen) atoms. The summed E-state index contributed by atoms with van der Waals surface area (Å²) in [6, 6.07) is 21.2. The number of nitrogens with one attached hydrogen (secondary N) is 3. The lowest BCUT2D eigenvalue weighted by molar-refractivity contribution is -0.136. The van der Waals surface area contributed by atoms with Gasteiger partial charge in [-0.25, -0.2) is 4.98 Å². The summed E-state index contributed by atoms with van der Waals surface area (Å²) < 4.78 is 22.3.